The van der Waals surface area contributed by atoms with E-state index >= 15 is 0 Å². The molecule has 3 aromatic rings. The fourth-order valence-electron chi connectivity index (χ4n) is 3.67. The number of nitrogens with two attached hydrogens (primary N) is 2. The van der Waals surface area contributed by atoms with Gasteiger partial charge in [-0.3, -0.25) is 14.6 Å². The number of methoxy groups -OCH3 is 1. The summed E-state index contributed by atoms with van der Waals surface area (Å²) >= 11 is 0. The van der Waals surface area contributed by atoms with Crippen LogP contribution >= 0.6 is 0 Å². The zero-order valence-electron chi connectivity index (χ0n) is 18.1. The molecule has 2 aromatic carbocycles. The first-order valence-electron chi connectivity index (χ1n) is 10.4. The molecule has 5 N–H and O–H groups in total. The Labute approximate surface area is 190 Å². The highest BCUT2D eigenvalue weighted by Crippen LogP contribution is 2.30. The molecule has 9 heteroatoms. The van der Waals surface area contributed by atoms with Gasteiger partial charge in [0, 0.05) is 24.5 Å². The summed E-state index contributed by atoms with van der Waals surface area (Å²) in [4.78, 5) is 28.8. The van der Waals surface area contributed by atoms with Gasteiger partial charge in [-0.2, -0.15) is 5.10 Å². The summed E-state index contributed by atoms with van der Waals surface area (Å²) in [5, 5.41) is 7.45. The van der Waals surface area contributed by atoms with Crippen LogP contribution in [0.1, 0.15) is 38.7 Å². The molecule has 168 valence electrons. The molecule has 1 aromatic heterocycles. The highest BCUT2D eigenvalue weighted by atomic mass is 16.5. The minimum Gasteiger partial charge on any atom is -0.496 e. The number of amides is 2. The Morgan fingerprint density at radius 2 is 1.94 bits per heavy atom. The molecule has 0 aliphatic carbocycles. The topological polar surface area (TPSA) is 138 Å². The van der Waals surface area contributed by atoms with E-state index in [2.05, 4.69) is 15.4 Å². The number of aromatic nitrogens is 2. The van der Waals surface area contributed by atoms with E-state index in [1.54, 1.807) is 41.4 Å². The van der Waals surface area contributed by atoms with E-state index in [1.807, 2.05) is 30.3 Å². The van der Waals surface area contributed by atoms with Gasteiger partial charge in [0.15, 0.2) is 0 Å². The lowest BCUT2D eigenvalue weighted by molar-refractivity contribution is 0.0946. The molecular formula is C24H24N6O3. The molecule has 9 nitrogen and oxygen atoms in total. The summed E-state index contributed by atoms with van der Waals surface area (Å²) in [5.74, 6) is -0.166. The molecule has 0 fully saturated rings. The molecule has 2 amide bonds. The molecule has 33 heavy (non-hydrogen) atoms. The van der Waals surface area contributed by atoms with E-state index in [9.17, 15) is 9.59 Å². The number of hydrogen-bond donors (Lipinski definition) is 3. The Hall–Kier alpha value is -4.40. The van der Waals surface area contributed by atoms with E-state index in [4.69, 9.17) is 16.2 Å². The van der Waals surface area contributed by atoms with Gasteiger partial charge in [0.1, 0.15) is 22.8 Å². The molecule has 1 aliphatic heterocycles. The van der Waals surface area contributed by atoms with Crippen LogP contribution in [0.25, 0.3) is 11.3 Å². The molecule has 1 unspecified atom stereocenters. The van der Waals surface area contributed by atoms with Crippen molar-refractivity contribution in [3.63, 3.8) is 0 Å². The van der Waals surface area contributed by atoms with Crippen LogP contribution in [0, 0.1) is 0 Å². The van der Waals surface area contributed by atoms with Gasteiger partial charge in [-0.15, -0.1) is 0 Å². The molecule has 1 atom stereocenters. The predicted octanol–water partition coefficient (Wildman–Crippen LogP) is 2.70. The van der Waals surface area contributed by atoms with E-state index in [0.29, 0.717) is 35.5 Å². The van der Waals surface area contributed by atoms with Crippen LogP contribution in [0.3, 0.4) is 0 Å². The largest absolute Gasteiger partial charge is 0.496 e. The summed E-state index contributed by atoms with van der Waals surface area (Å²) in [7, 11) is 1.52. The number of allylic oxidation sites excluding steroid dienone is 1. The summed E-state index contributed by atoms with van der Waals surface area (Å²) in [6, 6.07) is 14.2. The van der Waals surface area contributed by atoms with Crippen molar-refractivity contribution in [3.05, 3.63) is 77.5 Å². The Morgan fingerprint density at radius 3 is 2.61 bits per heavy atom. The summed E-state index contributed by atoms with van der Waals surface area (Å²) < 4.78 is 6.81. The molecule has 0 spiro atoms. The number of nitrogen functional groups attached to an aromatic ring is 1. The summed E-state index contributed by atoms with van der Waals surface area (Å²) in [6.45, 7) is 0.321. The number of aliphatic imine (C=N–C) groups is 1. The van der Waals surface area contributed by atoms with E-state index in [-0.39, 0.29) is 23.3 Å². The van der Waals surface area contributed by atoms with Crippen LogP contribution in [0.2, 0.25) is 0 Å². The van der Waals surface area contributed by atoms with Gasteiger partial charge in [0.05, 0.1) is 18.7 Å². The van der Waals surface area contributed by atoms with Crippen molar-refractivity contribution in [2.24, 2.45) is 10.7 Å². The molecular weight excluding hydrogens is 420 g/mol. The van der Waals surface area contributed by atoms with Gasteiger partial charge in [0.25, 0.3) is 11.8 Å². The van der Waals surface area contributed by atoms with Gasteiger partial charge in [-0.05, 0) is 24.1 Å². The van der Waals surface area contributed by atoms with Crippen molar-refractivity contribution in [2.75, 3.05) is 12.8 Å². The van der Waals surface area contributed by atoms with Gasteiger partial charge in [-0.25, -0.2) is 4.68 Å². The predicted molar refractivity (Wildman–Crippen MR) is 126 cm³/mol. The molecule has 0 radical (unpaired) electrons. The first kappa shape index (κ1) is 21.8. The number of rotatable bonds is 7. The SMILES string of the molecule is COc1ccccc1C(=O)NCc1ccc(-c2nn(C3C=NC=CC3)c(N)c2C(N)=O)cc1. The number of carbonyl (C=O) groups excluding carboxylic acids is 2. The van der Waals surface area contributed by atoms with Crippen LogP contribution in [-0.2, 0) is 6.54 Å². The third kappa shape index (κ3) is 4.47. The lowest BCUT2D eigenvalue weighted by Crippen LogP contribution is -2.23. The van der Waals surface area contributed by atoms with Gasteiger partial charge in [0.2, 0.25) is 0 Å². The van der Waals surface area contributed by atoms with Gasteiger partial charge < -0.3 is 21.5 Å². The zero-order valence-corrected chi connectivity index (χ0v) is 18.1. The van der Waals surface area contributed by atoms with E-state index < -0.39 is 5.91 Å². The number of nitrogens with zero attached hydrogens (tertiary/aromatic N) is 3. The van der Waals surface area contributed by atoms with Crippen LogP contribution in [0.4, 0.5) is 5.82 Å². The average Bonchev–Trinajstić information content (AvgIpc) is 3.20. The molecule has 4 rings (SSSR count). The van der Waals surface area contributed by atoms with E-state index in [1.165, 1.54) is 7.11 Å². The molecule has 2 heterocycles. The van der Waals surface area contributed by atoms with Crippen molar-refractivity contribution in [2.45, 2.75) is 19.0 Å². The quantitative estimate of drug-likeness (QED) is 0.514. The third-order valence-corrected chi connectivity index (χ3v) is 5.37. The van der Waals surface area contributed by atoms with Crippen LogP contribution in [0.5, 0.6) is 5.75 Å². The number of benzene rings is 2. The van der Waals surface area contributed by atoms with Gasteiger partial charge in [-0.1, -0.05) is 42.5 Å². The second-order valence-corrected chi connectivity index (χ2v) is 7.48. The highest BCUT2D eigenvalue weighted by Gasteiger charge is 2.24. The number of nitrogens with one attached hydrogen (secondary N) is 1. The lowest BCUT2D eigenvalue weighted by Gasteiger charge is -2.14. The maximum absolute atomic E-state index is 12.5. The lowest BCUT2D eigenvalue weighted by atomic mass is 10.0. The Kier molecular flexibility index (Phi) is 6.21. The second kappa shape index (κ2) is 9.39. The van der Waals surface area contributed by atoms with Crippen LogP contribution in [0.15, 0.2) is 65.8 Å². The first-order chi connectivity index (χ1) is 16.0. The Balaban J connectivity index is 1.53. The van der Waals surface area contributed by atoms with Crippen LogP contribution < -0.4 is 21.5 Å². The standard InChI is InChI=1S/C24H24N6O3/c1-33-19-7-3-2-6-18(19)24(32)28-13-15-8-10-16(11-9-15)21-20(23(26)31)22(25)30(29-21)17-5-4-12-27-14-17/h2-4,6-12,14,17H,5,13,25H2,1H3,(H2,26,31)(H,28,32). The van der Waals surface area contributed by atoms with Gasteiger partial charge >= 0.3 is 0 Å². The monoisotopic (exact) mass is 444 g/mol. The number of hydrogen-bond acceptors (Lipinski definition) is 6. The van der Waals surface area contributed by atoms with Crippen molar-refractivity contribution in [1.29, 1.82) is 0 Å². The summed E-state index contributed by atoms with van der Waals surface area (Å²) in [5.41, 5.74) is 14.4. The summed E-state index contributed by atoms with van der Waals surface area (Å²) in [6.07, 6.45) is 6.00. The zero-order chi connectivity index (χ0) is 23.4. The minimum absolute atomic E-state index is 0.176. The normalized spacial score (nSPS) is 14.8. The fraction of sp³-hybridized carbons (Fsp3) is 0.167. The van der Waals surface area contributed by atoms with Crippen LogP contribution in [-0.4, -0.2) is 34.9 Å². The maximum Gasteiger partial charge on any atom is 0.255 e. The van der Waals surface area contributed by atoms with Crippen molar-refractivity contribution >= 4 is 23.8 Å². The second-order valence-electron chi connectivity index (χ2n) is 7.48. The molecule has 0 saturated carbocycles. The molecule has 1 aliphatic rings. The number of para-hydroxylation sites is 1. The minimum atomic E-state index is -0.648. The molecule has 0 bridgehead atoms. The number of primary amides is 1. The average molecular weight is 444 g/mol. The molecule has 0 saturated heterocycles. The first-order valence-corrected chi connectivity index (χ1v) is 10.4. The fourth-order valence-corrected chi connectivity index (χ4v) is 3.67. The van der Waals surface area contributed by atoms with E-state index in [0.717, 1.165) is 5.56 Å². The number of anilines is 1. The van der Waals surface area contributed by atoms with Crippen molar-refractivity contribution in [3.8, 4) is 17.0 Å². The maximum atomic E-state index is 12.5. The highest BCUT2D eigenvalue weighted by molar-refractivity contribution is 6.03. The van der Waals surface area contributed by atoms with Crippen molar-refractivity contribution < 1.29 is 14.3 Å². The number of ether oxygens (including phenoxy) is 1. The van der Waals surface area contributed by atoms with Crippen molar-refractivity contribution in [1.82, 2.24) is 15.1 Å². The Bertz CT molecular complexity index is 1240. The smallest absolute Gasteiger partial charge is 0.255 e. The number of carbonyl (C=O) groups is 2. The Morgan fingerprint density at radius 1 is 1.18 bits per heavy atom. The third-order valence-electron chi connectivity index (χ3n) is 5.37.